The maximum absolute atomic E-state index is 4.25. The molecule has 0 saturated heterocycles. The zero-order chi connectivity index (χ0) is 12.6. The second-order valence-electron chi connectivity index (χ2n) is 4.62. The Morgan fingerprint density at radius 1 is 0.647 bits per heavy atom. The molecule has 0 bridgehead atoms. The van der Waals surface area contributed by atoms with Crippen molar-refractivity contribution in [2.45, 2.75) is 78.1 Å². The molecule has 17 heavy (non-hydrogen) atoms. The summed E-state index contributed by atoms with van der Waals surface area (Å²) in [6, 6.07) is 0. The lowest BCUT2D eigenvalue weighted by atomic mass is 10.1. The van der Waals surface area contributed by atoms with Gasteiger partial charge in [-0.25, -0.2) is 0 Å². The third-order valence-electron chi connectivity index (χ3n) is 2.83. The fraction of sp³-hybridized carbons (Fsp3) is 0.750. The lowest BCUT2D eigenvalue weighted by Crippen LogP contribution is -1.82. The van der Waals surface area contributed by atoms with Gasteiger partial charge in [0, 0.05) is 12.4 Å². The summed E-state index contributed by atoms with van der Waals surface area (Å²) in [5.41, 5.74) is 0. The molecule has 0 saturated carbocycles. The van der Waals surface area contributed by atoms with Crippen LogP contribution in [0.15, 0.2) is 24.6 Å². The second kappa shape index (κ2) is 15.3. The molecule has 0 N–H and O–H groups in total. The van der Waals surface area contributed by atoms with E-state index in [0.29, 0.717) is 0 Å². The summed E-state index contributed by atoms with van der Waals surface area (Å²) in [5.74, 6) is 0. The van der Waals surface area contributed by atoms with Gasteiger partial charge in [-0.3, -0.25) is 5.32 Å². The lowest BCUT2D eigenvalue weighted by Gasteiger charge is -1.94. The summed E-state index contributed by atoms with van der Waals surface area (Å²) in [5, 5.41) is 4.25. The van der Waals surface area contributed by atoms with Crippen molar-refractivity contribution in [3.63, 3.8) is 0 Å². The van der Waals surface area contributed by atoms with Gasteiger partial charge in [0.15, 0.2) is 0 Å². The van der Waals surface area contributed by atoms with E-state index in [1.54, 1.807) is 0 Å². The molecule has 99 valence electrons. The first-order chi connectivity index (χ1) is 8.41. The summed E-state index contributed by atoms with van der Waals surface area (Å²) in [7, 11) is 0. The predicted octanol–water partition coefficient (Wildman–Crippen LogP) is 5.56. The Bertz CT molecular complexity index is 162. The van der Waals surface area contributed by atoms with E-state index in [1.165, 1.54) is 64.2 Å². The van der Waals surface area contributed by atoms with Gasteiger partial charge in [-0.05, 0) is 25.7 Å². The second-order valence-corrected chi connectivity index (χ2v) is 4.62. The van der Waals surface area contributed by atoms with Crippen molar-refractivity contribution in [3.8, 4) is 0 Å². The highest BCUT2D eigenvalue weighted by Crippen LogP contribution is 2.03. The van der Waals surface area contributed by atoms with E-state index in [4.69, 9.17) is 0 Å². The van der Waals surface area contributed by atoms with Crippen LogP contribution < -0.4 is 5.32 Å². The van der Waals surface area contributed by atoms with Crippen molar-refractivity contribution in [2.75, 3.05) is 0 Å². The van der Waals surface area contributed by atoms with E-state index >= 15 is 0 Å². The molecule has 0 rings (SSSR count). The monoisotopic (exact) mass is 236 g/mol. The van der Waals surface area contributed by atoms with Gasteiger partial charge in [-0.15, -0.1) is 0 Å². The molecule has 0 fully saturated rings. The Hall–Kier alpha value is -0.720. The van der Waals surface area contributed by atoms with E-state index in [0.717, 1.165) is 0 Å². The van der Waals surface area contributed by atoms with Gasteiger partial charge in [-0.2, -0.15) is 0 Å². The predicted molar refractivity (Wildman–Crippen MR) is 77.9 cm³/mol. The standard InChI is InChI=1S/C16H30N/c1-3-5-7-9-11-13-15-17-16-14-12-10-8-6-4-2/h13-16H,3-12H2,1-2H3. The van der Waals surface area contributed by atoms with Crippen LogP contribution in [0.5, 0.6) is 0 Å². The molecule has 0 aliphatic rings. The quantitative estimate of drug-likeness (QED) is 0.394. The minimum Gasteiger partial charge on any atom is -0.265 e. The smallest absolute Gasteiger partial charge is 0.0227 e. The molecule has 0 spiro atoms. The Balaban J connectivity index is 3.14. The first-order valence-corrected chi connectivity index (χ1v) is 7.41. The topological polar surface area (TPSA) is 14.1 Å². The molecule has 0 amide bonds. The number of hydrogen-bond donors (Lipinski definition) is 0. The fourth-order valence-electron chi connectivity index (χ4n) is 1.70. The highest BCUT2D eigenvalue weighted by Gasteiger charge is 1.85. The van der Waals surface area contributed by atoms with Gasteiger partial charge in [0.1, 0.15) is 0 Å². The minimum atomic E-state index is 1.17. The van der Waals surface area contributed by atoms with Crippen LogP contribution in [0.25, 0.3) is 0 Å². The Kier molecular flexibility index (Phi) is 14.6. The molecular weight excluding hydrogens is 206 g/mol. The first kappa shape index (κ1) is 16.3. The Labute approximate surface area is 108 Å². The van der Waals surface area contributed by atoms with Crippen molar-refractivity contribution in [1.82, 2.24) is 5.32 Å². The number of hydrogen-bond acceptors (Lipinski definition) is 0. The maximum atomic E-state index is 4.25. The largest absolute Gasteiger partial charge is 0.265 e. The molecule has 1 nitrogen and oxygen atoms in total. The molecule has 0 aromatic rings. The van der Waals surface area contributed by atoms with Crippen LogP contribution >= 0.6 is 0 Å². The third-order valence-corrected chi connectivity index (χ3v) is 2.83. The molecule has 1 radical (unpaired) electrons. The maximum Gasteiger partial charge on any atom is 0.0227 e. The zero-order valence-electron chi connectivity index (χ0n) is 11.8. The van der Waals surface area contributed by atoms with Crippen LogP contribution in [-0.2, 0) is 0 Å². The normalized spacial score (nSPS) is 11.6. The molecular formula is C16H30N. The van der Waals surface area contributed by atoms with Crippen LogP contribution in [-0.4, -0.2) is 0 Å². The van der Waals surface area contributed by atoms with Gasteiger partial charge in [-0.1, -0.05) is 64.5 Å². The van der Waals surface area contributed by atoms with Crippen molar-refractivity contribution in [1.29, 1.82) is 0 Å². The number of allylic oxidation sites excluding steroid dienone is 2. The minimum absolute atomic E-state index is 1.17. The number of unbranched alkanes of at least 4 members (excludes halogenated alkanes) is 8. The molecule has 0 unspecified atom stereocenters. The summed E-state index contributed by atoms with van der Waals surface area (Å²) in [6.07, 6.45) is 21.3. The molecule has 0 aliphatic heterocycles. The lowest BCUT2D eigenvalue weighted by molar-refractivity contribution is 0.672. The van der Waals surface area contributed by atoms with Gasteiger partial charge in [0.05, 0.1) is 0 Å². The van der Waals surface area contributed by atoms with E-state index in [2.05, 4.69) is 31.3 Å². The van der Waals surface area contributed by atoms with Gasteiger partial charge >= 0.3 is 0 Å². The van der Waals surface area contributed by atoms with E-state index in [-0.39, 0.29) is 0 Å². The van der Waals surface area contributed by atoms with E-state index in [9.17, 15) is 0 Å². The number of nitrogens with zero attached hydrogens (tertiary/aromatic N) is 1. The van der Waals surface area contributed by atoms with Crippen LogP contribution in [0.4, 0.5) is 0 Å². The zero-order valence-corrected chi connectivity index (χ0v) is 11.8. The molecule has 0 aromatic carbocycles. The highest BCUT2D eigenvalue weighted by atomic mass is 14.8. The summed E-state index contributed by atoms with van der Waals surface area (Å²) >= 11 is 0. The Morgan fingerprint density at radius 3 is 1.53 bits per heavy atom. The van der Waals surface area contributed by atoms with Crippen LogP contribution in [0.1, 0.15) is 78.1 Å². The summed E-state index contributed by atoms with van der Waals surface area (Å²) in [6.45, 7) is 4.49. The van der Waals surface area contributed by atoms with Crippen LogP contribution in [0.2, 0.25) is 0 Å². The molecule has 0 aliphatic carbocycles. The van der Waals surface area contributed by atoms with Crippen LogP contribution in [0.3, 0.4) is 0 Å². The molecule has 1 heteroatoms. The van der Waals surface area contributed by atoms with Gasteiger partial charge in [0.25, 0.3) is 0 Å². The van der Waals surface area contributed by atoms with Crippen LogP contribution in [0, 0.1) is 0 Å². The SMILES string of the molecule is CCCCCCC=C[N]C=CCCCCCC. The van der Waals surface area contributed by atoms with E-state index < -0.39 is 0 Å². The molecule has 0 atom stereocenters. The van der Waals surface area contributed by atoms with Crippen molar-refractivity contribution >= 4 is 0 Å². The first-order valence-electron chi connectivity index (χ1n) is 7.41. The van der Waals surface area contributed by atoms with Crippen molar-refractivity contribution in [3.05, 3.63) is 24.6 Å². The molecule has 0 heterocycles. The highest BCUT2D eigenvalue weighted by molar-refractivity contribution is 4.87. The Morgan fingerprint density at radius 2 is 1.12 bits per heavy atom. The summed E-state index contributed by atoms with van der Waals surface area (Å²) in [4.78, 5) is 0. The fourth-order valence-corrected chi connectivity index (χ4v) is 1.70. The van der Waals surface area contributed by atoms with Gasteiger partial charge in [0.2, 0.25) is 0 Å². The average Bonchev–Trinajstić information content (AvgIpc) is 2.35. The van der Waals surface area contributed by atoms with Crippen molar-refractivity contribution in [2.24, 2.45) is 0 Å². The average molecular weight is 236 g/mol. The third kappa shape index (κ3) is 15.3. The van der Waals surface area contributed by atoms with Crippen molar-refractivity contribution < 1.29 is 0 Å². The van der Waals surface area contributed by atoms with E-state index in [1.807, 2.05) is 12.4 Å². The number of rotatable bonds is 12. The molecule has 0 aromatic heterocycles. The summed E-state index contributed by atoms with van der Waals surface area (Å²) < 4.78 is 0. The van der Waals surface area contributed by atoms with Gasteiger partial charge < -0.3 is 0 Å².